The largest absolute Gasteiger partial charge is 0.496 e. The normalized spacial score (nSPS) is 32.3. The molecule has 1 saturated heterocycles. The van der Waals surface area contributed by atoms with Crippen LogP contribution in [0.2, 0.25) is 0 Å². The van der Waals surface area contributed by atoms with Gasteiger partial charge in [-0.25, -0.2) is 0 Å². The maximum absolute atomic E-state index is 15.3. The van der Waals surface area contributed by atoms with Crippen molar-refractivity contribution in [2.75, 3.05) is 58.9 Å². The Bertz CT molecular complexity index is 2620. The van der Waals surface area contributed by atoms with Gasteiger partial charge in [-0.15, -0.1) is 0 Å². The Labute approximate surface area is 375 Å². The van der Waals surface area contributed by atoms with Gasteiger partial charge in [0.25, 0.3) is 5.91 Å². The zero-order chi connectivity index (χ0) is 44.9. The number of nitrogens with zero attached hydrogens (tertiary/aromatic N) is 3. The molecule has 1 saturated carbocycles. The Morgan fingerprint density at radius 1 is 1.00 bits per heavy atom. The lowest BCUT2D eigenvalue weighted by atomic mass is 9.47. The first-order valence-corrected chi connectivity index (χ1v) is 23.0. The van der Waals surface area contributed by atoms with E-state index in [0.717, 1.165) is 65.0 Å². The molecule has 10 rings (SSSR count). The molecule has 12 heteroatoms. The fourth-order valence-corrected chi connectivity index (χ4v) is 13.8. The first kappa shape index (κ1) is 42.5. The number of aryl methyl sites for hydroxylation is 1. The van der Waals surface area contributed by atoms with E-state index in [1.54, 1.807) is 19.2 Å². The molecule has 5 aliphatic heterocycles. The van der Waals surface area contributed by atoms with Crippen LogP contribution in [-0.2, 0) is 36.4 Å². The summed E-state index contributed by atoms with van der Waals surface area (Å²) in [6, 6.07) is 19.0. The number of carbonyl (C=O) groups is 3. The van der Waals surface area contributed by atoms with Crippen molar-refractivity contribution < 1.29 is 33.7 Å². The van der Waals surface area contributed by atoms with Crippen molar-refractivity contribution in [1.29, 1.82) is 0 Å². The van der Waals surface area contributed by atoms with E-state index in [1.165, 1.54) is 19.6 Å². The van der Waals surface area contributed by atoms with Crippen molar-refractivity contribution in [3.63, 3.8) is 0 Å². The van der Waals surface area contributed by atoms with Gasteiger partial charge in [-0.2, -0.15) is 0 Å². The maximum Gasteiger partial charge on any atom is 0.322 e. The molecule has 2 fully saturated rings. The van der Waals surface area contributed by atoms with Gasteiger partial charge in [-0.05, 0) is 80.5 Å². The molecule has 3 aromatic carbocycles. The summed E-state index contributed by atoms with van der Waals surface area (Å²) in [4.78, 5) is 53.6. The van der Waals surface area contributed by atoms with Crippen molar-refractivity contribution in [2.24, 2.45) is 11.3 Å². The van der Waals surface area contributed by atoms with Crippen LogP contribution in [0.25, 0.3) is 10.9 Å². The minimum atomic E-state index is -1.80. The summed E-state index contributed by atoms with van der Waals surface area (Å²) >= 11 is 0. The van der Waals surface area contributed by atoms with Crippen LogP contribution in [0.1, 0.15) is 84.8 Å². The number of H-pyrrole nitrogens is 1. The van der Waals surface area contributed by atoms with Crippen molar-refractivity contribution in [1.82, 2.24) is 20.1 Å². The number of aromatic amines is 1. The molecule has 4 aromatic rings. The van der Waals surface area contributed by atoms with Gasteiger partial charge in [0.15, 0.2) is 0 Å². The molecule has 6 heterocycles. The number of fused-ring (bicyclic) bond motifs is 6. The van der Waals surface area contributed by atoms with Gasteiger partial charge in [0.05, 0.1) is 26.8 Å². The zero-order valence-electron chi connectivity index (χ0n) is 38.1. The third kappa shape index (κ3) is 5.87. The van der Waals surface area contributed by atoms with E-state index >= 15 is 4.79 Å². The van der Waals surface area contributed by atoms with Gasteiger partial charge >= 0.3 is 11.9 Å². The van der Waals surface area contributed by atoms with Crippen LogP contribution in [0.3, 0.4) is 0 Å². The number of methoxy groups -OCH3 is 2. The number of carbonyl (C=O) groups excluding carboxylic acids is 3. The quantitative estimate of drug-likeness (QED) is 0.130. The number of esters is 2. The number of para-hydroxylation sites is 1. The molecule has 336 valence electrons. The van der Waals surface area contributed by atoms with Crippen LogP contribution in [0.15, 0.2) is 84.5 Å². The molecular formula is C52H61N5O7. The number of likely N-dealkylation sites (N-methyl/N-ethyl adjacent to an activating group) is 1. The number of nitrogens with one attached hydrogen (secondary N) is 2. The summed E-state index contributed by atoms with van der Waals surface area (Å²) < 4.78 is 18.9. The minimum absolute atomic E-state index is 0.0357. The molecule has 6 aliphatic rings. The molecule has 9 atom stereocenters. The van der Waals surface area contributed by atoms with Gasteiger partial charge in [0.2, 0.25) is 0 Å². The number of hydrogen-bond donors (Lipinski definition) is 3. The van der Waals surface area contributed by atoms with Crippen LogP contribution >= 0.6 is 0 Å². The Balaban J connectivity index is 1.23. The third-order valence-electron chi connectivity index (χ3n) is 16.2. The molecule has 1 aromatic heterocycles. The molecule has 1 aliphatic carbocycles. The average Bonchev–Trinajstić information content (AvgIpc) is 3.95. The monoisotopic (exact) mass is 867 g/mol. The predicted octanol–water partition coefficient (Wildman–Crippen LogP) is 6.32. The lowest BCUT2D eigenvalue weighted by Crippen LogP contribution is -2.81. The maximum atomic E-state index is 15.3. The molecule has 1 spiro atoms. The summed E-state index contributed by atoms with van der Waals surface area (Å²) in [5, 5.41) is 18.1. The summed E-state index contributed by atoms with van der Waals surface area (Å²) in [5.74, 6) is -0.620. The molecule has 12 nitrogen and oxygen atoms in total. The number of amides is 1. The van der Waals surface area contributed by atoms with E-state index in [0.29, 0.717) is 49.2 Å². The lowest BCUT2D eigenvalue weighted by Gasteiger charge is -2.64. The number of aromatic nitrogens is 1. The Hall–Kier alpha value is -5.43. The van der Waals surface area contributed by atoms with Crippen LogP contribution < -0.4 is 15.0 Å². The van der Waals surface area contributed by atoms with E-state index in [9.17, 15) is 14.7 Å². The summed E-state index contributed by atoms with van der Waals surface area (Å²) in [6.07, 6.45) is 8.28. The van der Waals surface area contributed by atoms with Crippen LogP contribution in [0.5, 0.6) is 5.75 Å². The van der Waals surface area contributed by atoms with Crippen molar-refractivity contribution in [2.45, 2.75) is 94.5 Å². The Morgan fingerprint density at radius 2 is 1.78 bits per heavy atom. The number of benzene rings is 3. The summed E-state index contributed by atoms with van der Waals surface area (Å²) in [7, 11) is 5.13. The molecule has 2 bridgehead atoms. The number of anilines is 1. The third-order valence-corrected chi connectivity index (χ3v) is 16.2. The molecule has 1 amide bonds. The average molecular weight is 868 g/mol. The fourth-order valence-electron chi connectivity index (χ4n) is 13.8. The second-order valence-corrected chi connectivity index (χ2v) is 19.4. The van der Waals surface area contributed by atoms with E-state index in [-0.39, 0.29) is 30.4 Å². The number of aliphatic hydroxyl groups is 1. The zero-order valence-corrected chi connectivity index (χ0v) is 38.1. The van der Waals surface area contributed by atoms with Gasteiger partial charge < -0.3 is 34.5 Å². The predicted molar refractivity (Wildman–Crippen MR) is 246 cm³/mol. The topological polar surface area (TPSA) is 137 Å². The van der Waals surface area contributed by atoms with Crippen molar-refractivity contribution in [3.05, 3.63) is 118 Å². The highest BCUT2D eigenvalue weighted by Gasteiger charge is 2.78. The van der Waals surface area contributed by atoms with E-state index in [2.05, 4.69) is 81.3 Å². The van der Waals surface area contributed by atoms with Gasteiger partial charge in [-0.1, -0.05) is 73.5 Å². The smallest absolute Gasteiger partial charge is 0.322 e. The highest BCUT2D eigenvalue weighted by Crippen LogP contribution is 2.68. The second kappa shape index (κ2) is 15.3. The van der Waals surface area contributed by atoms with E-state index in [1.807, 2.05) is 38.2 Å². The molecule has 64 heavy (non-hydrogen) atoms. The minimum Gasteiger partial charge on any atom is -0.496 e. The lowest BCUT2D eigenvalue weighted by molar-refractivity contribution is -0.216. The number of rotatable bonds is 9. The summed E-state index contributed by atoms with van der Waals surface area (Å²) in [6.45, 7) is 11.3. The highest BCUT2D eigenvalue weighted by atomic mass is 16.6. The van der Waals surface area contributed by atoms with Crippen LogP contribution in [-0.4, -0.2) is 116 Å². The van der Waals surface area contributed by atoms with E-state index < -0.39 is 40.0 Å². The van der Waals surface area contributed by atoms with Crippen LogP contribution in [0, 0.1) is 18.3 Å². The Morgan fingerprint density at radius 3 is 2.50 bits per heavy atom. The van der Waals surface area contributed by atoms with Gasteiger partial charge in [-0.3, -0.25) is 24.2 Å². The summed E-state index contributed by atoms with van der Waals surface area (Å²) in [5.41, 5.74) is 3.55. The SMILES string of the molecule is CCC1=C[C@@H]2CN(C1)Cc1c([nH]c3ccccc13)[C@@](C(=O)OC)(c1cc3c(cc1OC)N(C)[C@H]1[C@@](O)(CNC(=O)c4ccc(C)cc4)[C@H](OC(C)=O)[C@]4(CC)C=CCN5CC[C@]31[C@@H]54)C2. The Kier molecular flexibility index (Phi) is 10.2. The number of ether oxygens (including phenoxy) is 3. The van der Waals surface area contributed by atoms with Crippen molar-refractivity contribution in [3.8, 4) is 5.75 Å². The van der Waals surface area contributed by atoms with Crippen LogP contribution in [0.4, 0.5) is 5.69 Å². The second-order valence-electron chi connectivity index (χ2n) is 19.4. The molecule has 3 N–H and O–H groups in total. The standard InChI is InChI=1S/C52H61N5O7/c1-8-33-23-34-26-51(48(60)63-7,43-37(29-56(27-33)28-34)36-13-10-11-14-40(36)54-43)39-24-38-41(25-42(39)62-6)55(5)46-50(38)20-22-57-21-12-19-49(9-2,45(50)57)47(64-32(4)58)52(46,61)30-53-44(59)35-17-15-31(3)16-18-35/h10-19,23-25,34,45-47,54,61H,8-9,20-22,26-30H2,1-7H3,(H,53,59)/t34-,45-,46+,47+,49+,50+,51-,52-/m0/s1. The van der Waals surface area contributed by atoms with E-state index in [4.69, 9.17) is 14.2 Å². The van der Waals surface area contributed by atoms with Crippen molar-refractivity contribution >= 4 is 34.4 Å². The fraction of sp³-hybridized carbons (Fsp3) is 0.481. The van der Waals surface area contributed by atoms with Gasteiger partial charge in [0.1, 0.15) is 22.9 Å². The first-order chi connectivity index (χ1) is 30.8. The van der Waals surface area contributed by atoms with Gasteiger partial charge in [0, 0.05) is 96.5 Å². The molecular weight excluding hydrogens is 807 g/mol. The first-order valence-electron chi connectivity index (χ1n) is 23.0. The number of hydrogen-bond acceptors (Lipinski definition) is 10. The molecule has 0 radical (unpaired) electrons. The molecule has 1 unspecified atom stereocenters. The highest BCUT2D eigenvalue weighted by molar-refractivity contribution is 5.95.